The molecule has 2 nitrogen and oxygen atoms in total. The zero-order chi connectivity index (χ0) is 8.65. The van der Waals surface area contributed by atoms with Gasteiger partial charge in [0.2, 0.25) is 0 Å². The van der Waals surface area contributed by atoms with Crippen molar-refractivity contribution in [2.45, 2.75) is 33.8 Å². The third-order valence-electron chi connectivity index (χ3n) is 1.72. The first-order valence-corrected chi connectivity index (χ1v) is 3.84. The Balaban J connectivity index is 2.88. The number of carbonyl (C=O) groups excluding carboxylic acids is 1. The SMILES string of the molecule is C[C@H]1C=C(C(C)(C)C)C(=O)O1. The Morgan fingerprint density at radius 2 is 2.00 bits per heavy atom. The molecule has 1 rings (SSSR count). The average molecular weight is 154 g/mol. The highest BCUT2D eigenvalue weighted by molar-refractivity contribution is 5.92. The zero-order valence-corrected chi connectivity index (χ0v) is 7.47. The maximum Gasteiger partial charge on any atom is 0.334 e. The number of cyclic esters (lactones) is 1. The van der Waals surface area contributed by atoms with Gasteiger partial charge in [-0.3, -0.25) is 0 Å². The summed E-state index contributed by atoms with van der Waals surface area (Å²) >= 11 is 0. The summed E-state index contributed by atoms with van der Waals surface area (Å²) in [5.41, 5.74) is 0.715. The third kappa shape index (κ3) is 1.62. The Labute approximate surface area is 67.2 Å². The van der Waals surface area contributed by atoms with E-state index in [0.29, 0.717) is 0 Å². The van der Waals surface area contributed by atoms with Gasteiger partial charge in [-0.25, -0.2) is 4.79 Å². The van der Waals surface area contributed by atoms with Gasteiger partial charge in [-0.15, -0.1) is 0 Å². The molecule has 0 fully saturated rings. The second-order valence-corrected chi connectivity index (χ2v) is 3.94. The molecule has 0 saturated carbocycles. The van der Waals surface area contributed by atoms with Gasteiger partial charge < -0.3 is 4.74 Å². The summed E-state index contributed by atoms with van der Waals surface area (Å²) in [6.45, 7) is 7.91. The molecule has 0 amide bonds. The molecule has 1 heterocycles. The predicted octanol–water partition coefficient (Wildman–Crippen LogP) is 1.90. The van der Waals surface area contributed by atoms with Crippen molar-refractivity contribution >= 4 is 5.97 Å². The fraction of sp³-hybridized carbons (Fsp3) is 0.667. The van der Waals surface area contributed by atoms with Crippen molar-refractivity contribution < 1.29 is 9.53 Å². The second-order valence-electron chi connectivity index (χ2n) is 3.94. The normalized spacial score (nSPS) is 24.9. The summed E-state index contributed by atoms with van der Waals surface area (Å²) in [5.74, 6) is -0.162. The number of esters is 1. The molecule has 0 N–H and O–H groups in total. The first-order valence-electron chi connectivity index (χ1n) is 3.84. The van der Waals surface area contributed by atoms with Crippen LogP contribution in [0.5, 0.6) is 0 Å². The lowest BCUT2D eigenvalue weighted by atomic mass is 9.86. The van der Waals surface area contributed by atoms with Crippen molar-refractivity contribution in [1.29, 1.82) is 0 Å². The lowest BCUT2D eigenvalue weighted by Gasteiger charge is -2.16. The summed E-state index contributed by atoms with van der Waals surface area (Å²) in [4.78, 5) is 11.1. The smallest absolute Gasteiger partial charge is 0.334 e. The van der Waals surface area contributed by atoms with Gasteiger partial charge in [0.05, 0.1) is 0 Å². The number of carbonyl (C=O) groups is 1. The van der Waals surface area contributed by atoms with E-state index in [4.69, 9.17) is 4.74 Å². The molecular formula is C9H14O2. The van der Waals surface area contributed by atoms with E-state index >= 15 is 0 Å². The summed E-state index contributed by atoms with van der Waals surface area (Å²) in [5, 5.41) is 0. The predicted molar refractivity (Wildman–Crippen MR) is 43.1 cm³/mol. The van der Waals surface area contributed by atoms with Crippen LogP contribution in [-0.2, 0) is 9.53 Å². The van der Waals surface area contributed by atoms with E-state index < -0.39 is 0 Å². The Morgan fingerprint density at radius 1 is 1.45 bits per heavy atom. The van der Waals surface area contributed by atoms with E-state index in [0.717, 1.165) is 5.57 Å². The van der Waals surface area contributed by atoms with Crippen LogP contribution in [0.25, 0.3) is 0 Å². The third-order valence-corrected chi connectivity index (χ3v) is 1.72. The van der Waals surface area contributed by atoms with Gasteiger partial charge in [-0.05, 0) is 18.4 Å². The monoisotopic (exact) mass is 154 g/mol. The van der Waals surface area contributed by atoms with Crippen LogP contribution in [0.1, 0.15) is 27.7 Å². The van der Waals surface area contributed by atoms with Crippen molar-refractivity contribution in [2.75, 3.05) is 0 Å². The molecule has 0 spiro atoms. The second kappa shape index (κ2) is 2.36. The van der Waals surface area contributed by atoms with Crippen LogP contribution in [0, 0.1) is 5.41 Å². The van der Waals surface area contributed by atoms with Crippen molar-refractivity contribution in [3.63, 3.8) is 0 Å². The Bertz CT molecular complexity index is 208. The van der Waals surface area contributed by atoms with Crippen LogP contribution in [0.4, 0.5) is 0 Å². The van der Waals surface area contributed by atoms with Crippen molar-refractivity contribution in [3.8, 4) is 0 Å². The molecule has 1 atom stereocenters. The molecule has 0 saturated heterocycles. The van der Waals surface area contributed by atoms with E-state index in [2.05, 4.69) is 0 Å². The molecule has 0 aromatic carbocycles. The van der Waals surface area contributed by atoms with Crippen molar-refractivity contribution in [1.82, 2.24) is 0 Å². The highest BCUT2D eigenvalue weighted by atomic mass is 16.5. The van der Waals surface area contributed by atoms with Crippen LogP contribution in [0.2, 0.25) is 0 Å². The lowest BCUT2D eigenvalue weighted by Crippen LogP contribution is -2.15. The molecular weight excluding hydrogens is 140 g/mol. The van der Waals surface area contributed by atoms with Crippen molar-refractivity contribution in [3.05, 3.63) is 11.6 Å². The molecule has 0 aromatic rings. The van der Waals surface area contributed by atoms with E-state index in [1.165, 1.54) is 0 Å². The molecule has 0 unspecified atom stereocenters. The van der Waals surface area contributed by atoms with E-state index in [9.17, 15) is 4.79 Å². The Morgan fingerprint density at radius 3 is 2.18 bits per heavy atom. The quantitative estimate of drug-likeness (QED) is 0.498. The van der Waals surface area contributed by atoms with Gasteiger partial charge in [0.1, 0.15) is 6.10 Å². The number of hydrogen-bond donors (Lipinski definition) is 0. The summed E-state index contributed by atoms with van der Waals surface area (Å²) in [7, 11) is 0. The summed E-state index contributed by atoms with van der Waals surface area (Å²) < 4.78 is 4.97. The van der Waals surface area contributed by atoms with Gasteiger partial charge in [0.25, 0.3) is 0 Å². The molecule has 0 aliphatic carbocycles. The number of hydrogen-bond acceptors (Lipinski definition) is 2. The van der Waals surface area contributed by atoms with Gasteiger partial charge >= 0.3 is 5.97 Å². The minimum Gasteiger partial charge on any atom is -0.455 e. The first kappa shape index (κ1) is 8.31. The topological polar surface area (TPSA) is 26.3 Å². The van der Waals surface area contributed by atoms with E-state index in [1.54, 1.807) is 0 Å². The molecule has 1 aliphatic rings. The van der Waals surface area contributed by atoms with Crippen LogP contribution in [0.15, 0.2) is 11.6 Å². The van der Waals surface area contributed by atoms with E-state index in [-0.39, 0.29) is 17.5 Å². The molecule has 2 heteroatoms. The maximum atomic E-state index is 11.1. The van der Waals surface area contributed by atoms with Crippen molar-refractivity contribution in [2.24, 2.45) is 5.41 Å². The molecule has 62 valence electrons. The minimum atomic E-state index is -0.162. The number of ether oxygens (including phenoxy) is 1. The van der Waals surface area contributed by atoms with Gasteiger partial charge in [0.15, 0.2) is 0 Å². The molecule has 0 aromatic heterocycles. The van der Waals surface area contributed by atoms with Crippen LogP contribution < -0.4 is 0 Å². The zero-order valence-electron chi connectivity index (χ0n) is 7.47. The van der Waals surface area contributed by atoms with Gasteiger partial charge in [-0.2, -0.15) is 0 Å². The molecule has 11 heavy (non-hydrogen) atoms. The maximum absolute atomic E-state index is 11.1. The molecule has 1 aliphatic heterocycles. The largest absolute Gasteiger partial charge is 0.455 e. The van der Waals surface area contributed by atoms with Crippen LogP contribution in [-0.4, -0.2) is 12.1 Å². The first-order chi connectivity index (χ1) is 4.91. The fourth-order valence-corrected chi connectivity index (χ4v) is 1.13. The Kier molecular flexibility index (Phi) is 1.78. The minimum absolute atomic E-state index is 0.0447. The Hall–Kier alpha value is -0.790. The summed E-state index contributed by atoms with van der Waals surface area (Å²) in [6, 6.07) is 0. The fourth-order valence-electron chi connectivity index (χ4n) is 1.13. The highest BCUT2D eigenvalue weighted by Crippen LogP contribution is 2.30. The highest BCUT2D eigenvalue weighted by Gasteiger charge is 2.31. The number of rotatable bonds is 0. The molecule has 0 bridgehead atoms. The van der Waals surface area contributed by atoms with Gasteiger partial charge in [-0.1, -0.05) is 20.8 Å². The molecule has 0 radical (unpaired) electrons. The lowest BCUT2D eigenvalue weighted by molar-refractivity contribution is -0.139. The van der Waals surface area contributed by atoms with Crippen LogP contribution >= 0.6 is 0 Å². The standard InChI is InChI=1S/C9H14O2/c1-6-5-7(8(10)11-6)9(2,3)4/h5-6H,1-4H3/t6-/m0/s1. The van der Waals surface area contributed by atoms with Crippen LogP contribution in [0.3, 0.4) is 0 Å². The van der Waals surface area contributed by atoms with E-state index in [1.807, 2.05) is 33.8 Å². The average Bonchev–Trinajstić information content (AvgIpc) is 2.08. The van der Waals surface area contributed by atoms with Gasteiger partial charge in [0, 0.05) is 5.57 Å². The summed E-state index contributed by atoms with van der Waals surface area (Å²) in [6.07, 6.45) is 1.85.